The van der Waals surface area contributed by atoms with Crippen molar-refractivity contribution in [2.45, 2.75) is 69.0 Å². The molecule has 6 nitrogen and oxygen atoms in total. The van der Waals surface area contributed by atoms with Crippen LogP contribution in [0, 0.1) is 5.92 Å². The number of alkyl halides is 2. The summed E-state index contributed by atoms with van der Waals surface area (Å²) in [4.78, 5) is 12.1. The summed E-state index contributed by atoms with van der Waals surface area (Å²) in [6.45, 7) is 1.37. The third kappa shape index (κ3) is 3.88. The Morgan fingerprint density at radius 3 is 2.29 bits per heavy atom. The standard InChI is InChI=1S/C15H26F2N2O4S/c1-14(16,17)9-4-12-5-10-19(11-6-12)24(22,23)15(13(20)18-21)7-2-3-8-15/h12,21H,2-11H2,1H3,(H,18,20). The van der Waals surface area contributed by atoms with E-state index >= 15 is 0 Å². The highest BCUT2D eigenvalue weighted by atomic mass is 32.2. The average molecular weight is 368 g/mol. The van der Waals surface area contributed by atoms with Crippen LogP contribution in [0.15, 0.2) is 0 Å². The van der Waals surface area contributed by atoms with Crippen molar-refractivity contribution in [1.29, 1.82) is 0 Å². The zero-order chi connectivity index (χ0) is 18.0. The Hall–Kier alpha value is -0.800. The molecule has 0 unspecified atom stereocenters. The van der Waals surface area contributed by atoms with E-state index in [0.29, 0.717) is 32.1 Å². The summed E-state index contributed by atoms with van der Waals surface area (Å²) < 4.78 is 51.5. The van der Waals surface area contributed by atoms with Gasteiger partial charge in [0.2, 0.25) is 15.9 Å². The highest BCUT2D eigenvalue weighted by Gasteiger charge is 2.55. The maximum Gasteiger partial charge on any atom is 0.266 e. The van der Waals surface area contributed by atoms with Crippen molar-refractivity contribution in [3.8, 4) is 0 Å². The molecule has 1 aliphatic heterocycles. The highest BCUT2D eigenvalue weighted by Crippen LogP contribution is 2.40. The molecule has 1 saturated heterocycles. The second kappa shape index (κ2) is 7.21. The molecule has 2 rings (SSSR count). The van der Waals surface area contributed by atoms with E-state index < -0.39 is 26.6 Å². The molecule has 1 amide bonds. The summed E-state index contributed by atoms with van der Waals surface area (Å²) in [6.07, 6.45) is 2.86. The second-order valence-electron chi connectivity index (χ2n) is 7.10. The van der Waals surface area contributed by atoms with Crippen molar-refractivity contribution in [1.82, 2.24) is 9.79 Å². The lowest BCUT2D eigenvalue weighted by Gasteiger charge is -2.37. The molecule has 0 aromatic heterocycles. The molecule has 0 spiro atoms. The topological polar surface area (TPSA) is 86.7 Å². The third-order valence-electron chi connectivity index (χ3n) is 5.33. The maximum absolute atomic E-state index is 13.0. The zero-order valence-electron chi connectivity index (χ0n) is 13.9. The molecule has 24 heavy (non-hydrogen) atoms. The van der Waals surface area contributed by atoms with Gasteiger partial charge >= 0.3 is 0 Å². The van der Waals surface area contributed by atoms with Gasteiger partial charge in [-0.05, 0) is 44.9 Å². The first-order valence-corrected chi connectivity index (χ1v) is 9.88. The normalized spacial score (nSPS) is 23.3. The number of sulfonamides is 1. The van der Waals surface area contributed by atoms with Crippen LogP contribution < -0.4 is 5.48 Å². The molecule has 0 aromatic rings. The first kappa shape index (κ1) is 19.5. The number of halogens is 2. The van der Waals surface area contributed by atoms with Crippen LogP contribution in [0.25, 0.3) is 0 Å². The quantitative estimate of drug-likeness (QED) is 0.556. The fourth-order valence-electron chi connectivity index (χ4n) is 3.79. The van der Waals surface area contributed by atoms with Crippen LogP contribution >= 0.6 is 0 Å². The van der Waals surface area contributed by atoms with E-state index in [-0.39, 0.29) is 38.3 Å². The molecule has 0 bridgehead atoms. The monoisotopic (exact) mass is 368 g/mol. The summed E-state index contributed by atoms with van der Waals surface area (Å²) in [5, 5.41) is 8.96. The van der Waals surface area contributed by atoms with E-state index in [0.717, 1.165) is 6.92 Å². The Bertz CT molecular complexity index is 548. The van der Waals surface area contributed by atoms with Crippen molar-refractivity contribution < 1.29 is 27.2 Å². The number of nitrogens with zero attached hydrogens (tertiary/aromatic N) is 1. The maximum atomic E-state index is 13.0. The minimum absolute atomic E-state index is 0.0773. The van der Waals surface area contributed by atoms with Gasteiger partial charge in [0.25, 0.3) is 5.91 Å². The van der Waals surface area contributed by atoms with Crippen LogP contribution in [0.1, 0.15) is 58.3 Å². The van der Waals surface area contributed by atoms with E-state index in [1.807, 2.05) is 0 Å². The predicted octanol–water partition coefficient (Wildman–Crippen LogP) is 2.28. The number of carbonyl (C=O) groups is 1. The lowest BCUT2D eigenvalue weighted by molar-refractivity contribution is -0.131. The number of piperidine rings is 1. The number of hydrogen-bond acceptors (Lipinski definition) is 4. The van der Waals surface area contributed by atoms with Gasteiger partial charge in [-0.15, -0.1) is 0 Å². The zero-order valence-corrected chi connectivity index (χ0v) is 14.7. The van der Waals surface area contributed by atoms with E-state index in [1.165, 1.54) is 9.79 Å². The number of amides is 1. The Labute approximate surface area is 141 Å². The summed E-state index contributed by atoms with van der Waals surface area (Å²) >= 11 is 0. The number of nitrogens with one attached hydrogen (secondary N) is 1. The Kier molecular flexibility index (Phi) is 5.87. The molecule has 1 saturated carbocycles. The molecule has 9 heteroatoms. The van der Waals surface area contributed by atoms with Crippen molar-refractivity contribution in [3.63, 3.8) is 0 Å². The minimum Gasteiger partial charge on any atom is -0.289 e. The number of hydroxylamine groups is 1. The average Bonchev–Trinajstić information content (AvgIpc) is 3.03. The highest BCUT2D eigenvalue weighted by molar-refractivity contribution is 7.91. The smallest absolute Gasteiger partial charge is 0.266 e. The van der Waals surface area contributed by atoms with E-state index in [9.17, 15) is 22.0 Å². The van der Waals surface area contributed by atoms with Crippen molar-refractivity contribution in [2.75, 3.05) is 13.1 Å². The molecule has 1 heterocycles. The Balaban J connectivity index is 2.03. The largest absolute Gasteiger partial charge is 0.289 e. The number of rotatable bonds is 6. The molecule has 0 aromatic carbocycles. The van der Waals surface area contributed by atoms with Gasteiger partial charge in [-0.2, -0.15) is 0 Å². The van der Waals surface area contributed by atoms with E-state index in [1.54, 1.807) is 0 Å². The van der Waals surface area contributed by atoms with Gasteiger partial charge in [0, 0.05) is 19.5 Å². The third-order valence-corrected chi connectivity index (χ3v) is 7.95. The van der Waals surface area contributed by atoms with Crippen LogP contribution in [-0.4, -0.2) is 47.6 Å². The first-order valence-electron chi connectivity index (χ1n) is 8.44. The summed E-state index contributed by atoms with van der Waals surface area (Å²) in [7, 11) is -3.89. The molecular weight excluding hydrogens is 342 g/mol. The fraction of sp³-hybridized carbons (Fsp3) is 0.933. The number of carbonyl (C=O) groups excluding carboxylic acids is 1. The van der Waals surface area contributed by atoms with Gasteiger partial charge in [-0.25, -0.2) is 27.0 Å². The lowest BCUT2D eigenvalue weighted by atomic mass is 9.92. The summed E-state index contributed by atoms with van der Waals surface area (Å²) in [5.74, 6) is -3.49. The second-order valence-corrected chi connectivity index (χ2v) is 9.35. The minimum atomic E-state index is -3.89. The van der Waals surface area contributed by atoms with Gasteiger partial charge < -0.3 is 0 Å². The summed E-state index contributed by atoms with van der Waals surface area (Å²) in [6, 6.07) is 0. The summed E-state index contributed by atoms with van der Waals surface area (Å²) in [5.41, 5.74) is 1.51. The van der Waals surface area contributed by atoms with Crippen molar-refractivity contribution in [3.05, 3.63) is 0 Å². The Morgan fingerprint density at radius 2 is 1.83 bits per heavy atom. The van der Waals surface area contributed by atoms with Crippen molar-refractivity contribution >= 4 is 15.9 Å². The van der Waals surface area contributed by atoms with Gasteiger partial charge in [0.15, 0.2) is 4.75 Å². The molecule has 2 aliphatic rings. The number of hydrogen-bond donors (Lipinski definition) is 2. The van der Waals surface area contributed by atoms with Crippen molar-refractivity contribution in [2.24, 2.45) is 5.92 Å². The van der Waals surface area contributed by atoms with Gasteiger partial charge in [0.1, 0.15) is 0 Å². The van der Waals surface area contributed by atoms with Crippen LogP contribution in [0.2, 0.25) is 0 Å². The van der Waals surface area contributed by atoms with Crippen LogP contribution in [0.4, 0.5) is 8.78 Å². The van der Waals surface area contributed by atoms with E-state index in [4.69, 9.17) is 5.21 Å². The van der Waals surface area contributed by atoms with Crippen LogP contribution in [-0.2, 0) is 14.8 Å². The molecule has 140 valence electrons. The van der Waals surface area contributed by atoms with E-state index in [2.05, 4.69) is 0 Å². The predicted molar refractivity (Wildman–Crippen MR) is 84.2 cm³/mol. The van der Waals surface area contributed by atoms with Gasteiger partial charge in [-0.3, -0.25) is 10.0 Å². The molecule has 2 fully saturated rings. The molecular formula is C15H26F2N2O4S. The first-order chi connectivity index (χ1) is 11.1. The van der Waals surface area contributed by atoms with Gasteiger partial charge in [0.05, 0.1) is 0 Å². The SMILES string of the molecule is CC(F)(F)CCC1CCN(S(=O)(=O)C2(C(=O)NO)CCCC2)CC1. The lowest BCUT2D eigenvalue weighted by Crippen LogP contribution is -2.56. The molecule has 0 atom stereocenters. The Morgan fingerprint density at radius 1 is 1.29 bits per heavy atom. The molecule has 1 aliphatic carbocycles. The molecule has 2 N–H and O–H groups in total. The molecule has 0 radical (unpaired) electrons. The fourth-order valence-corrected chi connectivity index (χ4v) is 6.06. The van der Waals surface area contributed by atoms with Gasteiger partial charge in [-0.1, -0.05) is 12.8 Å². The van der Waals surface area contributed by atoms with Crippen LogP contribution in [0.3, 0.4) is 0 Å². The van der Waals surface area contributed by atoms with Crippen LogP contribution in [0.5, 0.6) is 0 Å².